The second kappa shape index (κ2) is 10.2. The van der Waals surface area contributed by atoms with Gasteiger partial charge >= 0.3 is 5.97 Å². The second-order valence-electron chi connectivity index (χ2n) is 1.16. The van der Waals surface area contributed by atoms with Gasteiger partial charge in [0.1, 0.15) is 6.29 Å². The van der Waals surface area contributed by atoms with Crippen molar-refractivity contribution in [3.8, 4) is 0 Å². The van der Waals surface area contributed by atoms with Crippen LogP contribution in [0.15, 0.2) is 0 Å². The van der Waals surface area contributed by atoms with Crippen molar-refractivity contribution in [2.24, 2.45) is 0 Å². The normalized spacial score (nSPS) is 6.56. The monoisotopic (exact) mass is 134 g/mol. The molecule has 0 fully saturated rings. The maximum Gasteiger partial charge on any atom is 0.339 e. The molecular weight excluding hydrogens is 124 g/mol. The van der Waals surface area contributed by atoms with Gasteiger partial charge in [0, 0.05) is 13.3 Å². The molecule has 0 aromatic carbocycles. The number of hydrogen-bond acceptors (Lipinski definition) is 4. The van der Waals surface area contributed by atoms with E-state index in [2.05, 4.69) is 4.89 Å². The summed E-state index contributed by atoms with van der Waals surface area (Å²) in [6.45, 7) is 2.92. The van der Waals surface area contributed by atoms with Gasteiger partial charge in [-0.15, -0.1) is 0 Å². The van der Waals surface area contributed by atoms with Crippen LogP contribution >= 0.6 is 0 Å². The Hall–Kier alpha value is -0.900. The first-order valence-corrected chi connectivity index (χ1v) is 2.44. The number of rotatable bonds is 1. The van der Waals surface area contributed by atoms with Crippen molar-refractivity contribution < 1.29 is 19.7 Å². The van der Waals surface area contributed by atoms with Gasteiger partial charge in [0.05, 0.1) is 0 Å². The van der Waals surface area contributed by atoms with Gasteiger partial charge in [0.15, 0.2) is 0 Å². The summed E-state index contributed by atoms with van der Waals surface area (Å²) >= 11 is 0. The van der Waals surface area contributed by atoms with Gasteiger partial charge in [-0.05, 0) is 0 Å². The Morgan fingerprint density at radius 2 is 2.00 bits per heavy atom. The minimum absolute atomic E-state index is 0.639. The molecule has 0 aromatic rings. The Bertz CT molecular complexity index is 79.0. The number of aldehydes is 1. The van der Waals surface area contributed by atoms with Crippen molar-refractivity contribution in [1.29, 1.82) is 0 Å². The average molecular weight is 134 g/mol. The lowest BCUT2D eigenvalue weighted by Crippen LogP contribution is -1.89. The van der Waals surface area contributed by atoms with Gasteiger partial charge in [0.25, 0.3) is 0 Å². The first-order valence-electron chi connectivity index (χ1n) is 2.44. The molecule has 0 aliphatic heterocycles. The fourth-order valence-electron chi connectivity index (χ4n) is 0. The van der Waals surface area contributed by atoms with Crippen LogP contribution in [0.5, 0.6) is 0 Å². The predicted molar refractivity (Wildman–Crippen MR) is 30.7 cm³/mol. The highest BCUT2D eigenvalue weighted by Gasteiger charge is 1.79. The Morgan fingerprint density at radius 3 is 2.00 bits per heavy atom. The third-order valence-electron chi connectivity index (χ3n) is 0.295. The minimum atomic E-state index is -0.690. The number of carbonyl (C=O) groups excluding carboxylic acids is 2. The van der Waals surface area contributed by atoms with Gasteiger partial charge in [0.2, 0.25) is 0 Å². The van der Waals surface area contributed by atoms with E-state index in [1.54, 1.807) is 0 Å². The summed E-state index contributed by atoms with van der Waals surface area (Å²) in [5.74, 6) is -0.690. The summed E-state index contributed by atoms with van der Waals surface area (Å²) < 4.78 is 0. The molecule has 0 aliphatic carbocycles. The molecule has 4 nitrogen and oxygen atoms in total. The van der Waals surface area contributed by atoms with E-state index in [4.69, 9.17) is 5.26 Å². The molecule has 54 valence electrons. The molecule has 0 spiro atoms. The third-order valence-corrected chi connectivity index (χ3v) is 0.295. The standard InChI is InChI=1S/C3H6O.C2H4O3/c1-2-3-4;1-2(3)5-4/h3H,2H2,1H3;4H,1H3. The molecule has 4 heteroatoms. The molecule has 0 unspecified atom stereocenters. The van der Waals surface area contributed by atoms with Gasteiger partial charge in [-0.1, -0.05) is 6.92 Å². The zero-order chi connectivity index (χ0) is 7.70. The van der Waals surface area contributed by atoms with E-state index in [1.165, 1.54) is 0 Å². The molecular formula is C5H10O4. The zero-order valence-electron chi connectivity index (χ0n) is 5.46. The molecule has 0 saturated carbocycles. The van der Waals surface area contributed by atoms with Crippen LogP contribution in [0.2, 0.25) is 0 Å². The molecule has 0 aromatic heterocycles. The molecule has 1 N–H and O–H groups in total. The molecule has 0 atom stereocenters. The molecule has 0 aliphatic rings. The third kappa shape index (κ3) is 41.9. The molecule has 0 rings (SSSR count). The van der Waals surface area contributed by atoms with Crippen molar-refractivity contribution in [3.63, 3.8) is 0 Å². The van der Waals surface area contributed by atoms with Gasteiger partial charge < -0.3 is 9.68 Å². The quantitative estimate of drug-likeness (QED) is 0.324. The van der Waals surface area contributed by atoms with Gasteiger partial charge in [-0.3, -0.25) is 0 Å². The summed E-state index contributed by atoms with van der Waals surface area (Å²) in [6.07, 6.45) is 1.51. The number of hydrogen-bond donors (Lipinski definition) is 1. The summed E-state index contributed by atoms with van der Waals surface area (Å²) in [6, 6.07) is 0. The van der Waals surface area contributed by atoms with Crippen LogP contribution in [-0.2, 0) is 14.5 Å². The predicted octanol–water partition coefficient (Wildman–Crippen LogP) is 0.618. The number of carbonyl (C=O) groups is 2. The fraction of sp³-hybridized carbons (Fsp3) is 0.600. The van der Waals surface area contributed by atoms with Crippen LogP contribution < -0.4 is 0 Å². The van der Waals surface area contributed by atoms with E-state index in [0.29, 0.717) is 6.42 Å². The van der Waals surface area contributed by atoms with E-state index >= 15 is 0 Å². The fourth-order valence-corrected chi connectivity index (χ4v) is 0. The largest absolute Gasteiger partial charge is 0.339 e. The molecule has 0 radical (unpaired) electrons. The Morgan fingerprint density at radius 1 is 1.78 bits per heavy atom. The summed E-state index contributed by atoms with van der Waals surface area (Å²) in [7, 11) is 0. The minimum Gasteiger partial charge on any atom is -0.303 e. The molecule has 0 heterocycles. The van der Waals surface area contributed by atoms with E-state index in [-0.39, 0.29) is 0 Å². The van der Waals surface area contributed by atoms with Crippen molar-refractivity contribution in [3.05, 3.63) is 0 Å². The first-order chi connectivity index (χ1) is 4.18. The van der Waals surface area contributed by atoms with Crippen molar-refractivity contribution in [2.45, 2.75) is 20.3 Å². The summed E-state index contributed by atoms with van der Waals surface area (Å²) in [5.41, 5.74) is 0. The Labute approximate surface area is 53.4 Å². The van der Waals surface area contributed by atoms with Crippen molar-refractivity contribution >= 4 is 12.3 Å². The maximum atomic E-state index is 9.34. The maximum absolute atomic E-state index is 9.34. The molecule has 9 heavy (non-hydrogen) atoms. The van der Waals surface area contributed by atoms with Crippen LogP contribution in [0.4, 0.5) is 0 Å². The van der Waals surface area contributed by atoms with E-state index < -0.39 is 5.97 Å². The molecule has 0 saturated heterocycles. The Kier molecular flexibility index (Phi) is 12.4. The average Bonchev–Trinajstić information content (AvgIpc) is 1.89. The topological polar surface area (TPSA) is 63.6 Å². The van der Waals surface area contributed by atoms with Crippen molar-refractivity contribution in [2.75, 3.05) is 0 Å². The van der Waals surface area contributed by atoms with E-state index in [9.17, 15) is 9.59 Å². The van der Waals surface area contributed by atoms with Gasteiger partial charge in [-0.2, -0.15) is 5.26 Å². The van der Waals surface area contributed by atoms with Crippen LogP contribution in [0, 0.1) is 0 Å². The molecule has 0 amide bonds. The SMILES string of the molecule is CC(=O)OO.CCC=O. The molecule has 0 bridgehead atoms. The summed E-state index contributed by atoms with van der Waals surface area (Å²) in [5, 5.41) is 7.29. The summed E-state index contributed by atoms with van der Waals surface area (Å²) in [4.78, 5) is 21.6. The van der Waals surface area contributed by atoms with E-state index in [1.807, 2.05) is 6.92 Å². The van der Waals surface area contributed by atoms with Crippen LogP contribution in [0.25, 0.3) is 0 Å². The van der Waals surface area contributed by atoms with Crippen LogP contribution in [0.1, 0.15) is 20.3 Å². The highest BCUT2D eigenvalue weighted by Crippen LogP contribution is 1.59. The van der Waals surface area contributed by atoms with E-state index in [0.717, 1.165) is 13.2 Å². The Balaban J connectivity index is 0. The smallest absolute Gasteiger partial charge is 0.303 e. The van der Waals surface area contributed by atoms with Crippen molar-refractivity contribution in [1.82, 2.24) is 0 Å². The zero-order valence-corrected chi connectivity index (χ0v) is 5.46. The highest BCUT2D eigenvalue weighted by atomic mass is 17.1. The second-order valence-corrected chi connectivity index (χ2v) is 1.16. The first kappa shape index (κ1) is 11.0. The lowest BCUT2D eigenvalue weighted by atomic mass is 10.6. The van der Waals surface area contributed by atoms with Crippen LogP contribution in [-0.4, -0.2) is 17.5 Å². The van der Waals surface area contributed by atoms with Gasteiger partial charge in [-0.25, -0.2) is 4.79 Å². The highest BCUT2D eigenvalue weighted by molar-refractivity contribution is 5.64. The lowest BCUT2D eigenvalue weighted by molar-refractivity contribution is -0.231. The van der Waals surface area contributed by atoms with Crippen LogP contribution in [0.3, 0.4) is 0 Å². The lowest BCUT2D eigenvalue weighted by Gasteiger charge is -1.76.